The molecule has 0 aliphatic heterocycles. The molecule has 0 unspecified atom stereocenters. The summed E-state index contributed by atoms with van der Waals surface area (Å²) in [6.45, 7) is 6.89. The molecule has 78 valence electrons. The monoisotopic (exact) mass is 184 g/mol. The largest absolute Gasteiger partial charge is 0.393 e. The molecule has 0 spiro atoms. The first-order chi connectivity index (χ1) is 6.00. The Bertz CT molecular complexity index is 146. The van der Waals surface area contributed by atoms with E-state index in [1.54, 1.807) is 0 Å². The van der Waals surface area contributed by atoms with Crippen LogP contribution in [0.5, 0.6) is 0 Å². The molecule has 2 atom stereocenters. The highest BCUT2D eigenvalue weighted by atomic mass is 16.3. The van der Waals surface area contributed by atoms with Gasteiger partial charge in [-0.15, -0.1) is 0 Å². The minimum absolute atomic E-state index is 0.0375. The van der Waals surface area contributed by atoms with Gasteiger partial charge in [0.1, 0.15) is 0 Å². The first-order valence-corrected chi connectivity index (χ1v) is 5.68. The van der Waals surface area contributed by atoms with Crippen LogP contribution in [0.4, 0.5) is 0 Å². The fraction of sp³-hybridized carbons (Fsp3) is 1.00. The molecule has 0 bridgehead atoms. The summed E-state index contributed by atoms with van der Waals surface area (Å²) in [4.78, 5) is 0. The van der Waals surface area contributed by atoms with E-state index >= 15 is 0 Å². The Morgan fingerprint density at radius 2 is 1.62 bits per heavy atom. The molecule has 13 heavy (non-hydrogen) atoms. The molecule has 0 aromatic rings. The van der Waals surface area contributed by atoms with E-state index in [1.165, 1.54) is 25.7 Å². The molecule has 1 N–H and O–H groups in total. The molecule has 1 fully saturated rings. The van der Waals surface area contributed by atoms with Gasteiger partial charge in [-0.3, -0.25) is 0 Å². The SMILES string of the molecule is CC(C)(C)[C@@H]1CCCCC[C@H](O)C1. The summed E-state index contributed by atoms with van der Waals surface area (Å²) in [5, 5.41) is 9.75. The van der Waals surface area contributed by atoms with Crippen LogP contribution in [0.15, 0.2) is 0 Å². The van der Waals surface area contributed by atoms with Gasteiger partial charge in [0, 0.05) is 0 Å². The van der Waals surface area contributed by atoms with Crippen molar-refractivity contribution in [1.29, 1.82) is 0 Å². The third-order valence-corrected chi connectivity index (χ3v) is 3.37. The van der Waals surface area contributed by atoms with Crippen molar-refractivity contribution in [2.75, 3.05) is 0 Å². The van der Waals surface area contributed by atoms with E-state index in [2.05, 4.69) is 20.8 Å². The van der Waals surface area contributed by atoms with Crippen LogP contribution < -0.4 is 0 Å². The maximum Gasteiger partial charge on any atom is 0.0543 e. The van der Waals surface area contributed by atoms with Crippen molar-refractivity contribution in [2.45, 2.75) is 65.4 Å². The zero-order valence-corrected chi connectivity index (χ0v) is 9.34. The van der Waals surface area contributed by atoms with Crippen molar-refractivity contribution < 1.29 is 5.11 Å². The van der Waals surface area contributed by atoms with Crippen LogP contribution in [0.25, 0.3) is 0 Å². The zero-order chi connectivity index (χ0) is 9.90. The van der Waals surface area contributed by atoms with Crippen molar-refractivity contribution in [1.82, 2.24) is 0 Å². The van der Waals surface area contributed by atoms with Crippen LogP contribution >= 0.6 is 0 Å². The lowest BCUT2D eigenvalue weighted by molar-refractivity contribution is 0.0790. The topological polar surface area (TPSA) is 20.2 Å². The fourth-order valence-electron chi connectivity index (χ4n) is 2.30. The molecule has 0 aromatic heterocycles. The van der Waals surface area contributed by atoms with Crippen molar-refractivity contribution in [3.8, 4) is 0 Å². The molecule has 1 nitrogen and oxygen atoms in total. The van der Waals surface area contributed by atoms with Gasteiger partial charge in [-0.25, -0.2) is 0 Å². The third-order valence-electron chi connectivity index (χ3n) is 3.37. The van der Waals surface area contributed by atoms with Crippen molar-refractivity contribution in [3.05, 3.63) is 0 Å². The average Bonchev–Trinajstić information content (AvgIpc) is 1.94. The lowest BCUT2D eigenvalue weighted by atomic mass is 9.73. The van der Waals surface area contributed by atoms with Gasteiger partial charge in [-0.05, 0) is 30.6 Å². The second-order valence-electron chi connectivity index (χ2n) is 5.59. The number of hydrogen-bond acceptors (Lipinski definition) is 1. The second kappa shape index (κ2) is 4.45. The summed E-state index contributed by atoms with van der Waals surface area (Å²) in [7, 11) is 0. The molecular formula is C12H24O. The minimum atomic E-state index is -0.0375. The quantitative estimate of drug-likeness (QED) is 0.612. The van der Waals surface area contributed by atoms with Gasteiger partial charge < -0.3 is 5.11 Å². The van der Waals surface area contributed by atoms with E-state index < -0.39 is 0 Å². The van der Waals surface area contributed by atoms with Gasteiger partial charge >= 0.3 is 0 Å². The molecule has 1 rings (SSSR count). The van der Waals surface area contributed by atoms with Crippen LogP contribution in [0.2, 0.25) is 0 Å². The summed E-state index contributed by atoms with van der Waals surface area (Å²) in [6, 6.07) is 0. The summed E-state index contributed by atoms with van der Waals surface area (Å²) in [5.41, 5.74) is 0.373. The molecule has 1 heteroatoms. The van der Waals surface area contributed by atoms with E-state index in [-0.39, 0.29) is 6.10 Å². The highest BCUT2D eigenvalue weighted by molar-refractivity contribution is 4.78. The molecule has 1 saturated carbocycles. The van der Waals surface area contributed by atoms with E-state index in [9.17, 15) is 5.11 Å². The minimum Gasteiger partial charge on any atom is -0.393 e. The number of aliphatic hydroxyl groups is 1. The maximum atomic E-state index is 9.75. The van der Waals surface area contributed by atoms with E-state index in [0.717, 1.165) is 12.8 Å². The summed E-state index contributed by atoms with van der Waals surface area (Å²) in [5.74, 6) is 0.711. The van der Waals surface area contributed by atoms with Crippen molar-refractivity contribution in [2.24, 2.45) is 11.3 Å². The van der Waals surface area contributed by atoms with Crippen molar-refractivity contribution in [3.63, 3.8) is 0 Å². The third kappa shape index (κ3) is 3.68. The van der Waals surface area contributed by atoms with Crippen LogP contribution in [0.3, 0.4) is 0 Å². The predicted molar refractivity (Wildman–Crippen MR) is 56.7 cm³/mol. The van der Waals surface area contributed by atoms with Gasteiger partial charge in [0.2, 0.25) is 0 Å². The van der Waals surface area contributed by atoms with E-state index in [4.69, 9.17) is 0 Å². The molecule has 0 saturated heterocycles. The molecule has 0 radical (unpaired) electrons. The zero-order valence-electron chi connectivity index (χ0n) is 9.34. The smallest absolute Gasteiger partial charge is 0.0543 e. The Hall–Kier alpha value is -0.0400. The Balaban J connectivity index is 2.51. The Morgan fingerprint density at radius 1 is 1.00 bits per heavy atom. The molecule has 0 aromatic carbocycles. The van der Waals surface area contributed by atoms with Gasteiger partial charge in [0.05, 0.1) is 6.10 Å². The summed E-state index contributed by atoms with van der Waals surface area (Å²) >= 11 is 0. The van der Waals surface area contributed by atoms with Gasteiger partial charge in [0.15, 0.2) is 0 Å². The number of aliphatic hydroxyl groups excluding tert-OH is 1. The fourth-order valence-corrected chi connectivity index (χ4v) is 2.30. The van der Waals surface area contributed by atoms with Crippen LogP contribution in [0, 0.1) is 11.3 Å². The molecule has 0 amide bonds. The van der Waals surface area contributed by atoms with Gasteiger partial charge in [-0.1, -0.05) is 40.0 Å². The second-order valence-corrected chi connectivity index (χ2v) is 5.59. The first-order valence-electron chi connectivity index (χ1n) is 5.68. The van der Waals surface area contributed by atoms with Gasteiger partial charge in [0.25, 0.3) is 0 Å². The molecule has 1 aliphatic carbocycles. The number of hydrogen-bond donors (Lipinski definition) is 1. The van der Waals surface area contributed by atoms with Crippen molar-refractivity contribution >= 4 is 0 Å². The summed E-state index contributed by atoms with van der Waals surface area (Å²) in [6.07, 6.45) is 7.19. The highest BCUT2D eigenvalue weighted by Gasteiger charge is 2.27. The molecule has 1 aliphatic rings. The first kappa shape index (κ1) is 11.0. The Labute approximate surface area is 82.5 Å². The van der Waals surface area contributed by atoms with Crippen LogP contribution in [-0.2, 0) is 0 Å². The summed E-state index contributed by atoms with van der Waals surface area (Å²) < 4.78 is 0. The van der Waals surface area contributed by atoms with Crippen LogP contribution in [0.1, 0.15) is 59.3 Å². The van der Waals surface area contributed by atoms with Crippen LogP contribution in [-0.4, -0.2) is 11.2 Å². The molecule has 0 heterocycles. The van der Waals surface area contributed by atoms with E-state index in [0.29, 0.717) is 11.3 Å². The maximum absolute atomic E-state index is 9.75. The predicted octanol–water partition coefficient (Wildman–Crippen LogP) is 3.36. The normalized spacial score (nSPS) is 32.3. The molecular weight excluding hydrogens is 160 g/mol. The highest BCUT2D eigenvalue weighted by Crippen LogP contribution is 2.36. The number of rotatable bonds is 0. The van der Waals surface area contributed by atoms with E-state index in [1.807, 2.05) is 0 Å². The lowest BCUT2D eigenvalue weighted by Crippen LogP contribution is -2.26. The average molecular weight is 184 g/mol. The Kier molecular flexibility index (Phi) is 3.78. The Morgan fingerprint density at radius 3 is 2.23 bits per heavy atom. The van der Waals surface area contributed by atoms with Gasteiger partial charge in [-0.2, -0.15) is 0 Å². The lowest BCUT2D eigenvalue weighted by Gasteiger charge is -2.34. The standard InChI is InChI=1S/C12H24O/c1-12(2,3)10-7-5-4-6-8-11(13)9-10/h10-11,13H,4-9H2,1-3H3/t10-,11+/m1/s1.